The van der Waals surface area contributed by atoms with Gasteiger partial charge in [-0.05, 0) is 24.5 Å². The van der Waals surface area contributed by atoms with Gasteiger partial charge >= 0.3 is 6.18 Å². The average Bonchev–Trinajstić information content (AvgIpc) is 2.35. The van der Waals surface area contributed by atoms with Crippen LogP contribution in [0.1, 0.15) is 20.3 Å². The fourth-order valence-electron chi connectivity index (χ4n) is 1.70. The SMILES string of the molecule is CC(C)CC(N)C(=O)Nc1ccccc1SCC(F)(F)F. The number of amides is 1. The number of hydrogen-bond donors (Lipinski definition) is 2. The van der Waals surface area contributed by atoms with E-state index in [4.69, 9.17) is 5.73 Å². The van der Waals surface area contributed by atoms with E-state index in [1.54, 1.807) is 24.3 Å². The molecule has 0 spiro atoms. The number of benzene rings is 1. The van der Waals surface area contributed by atoms with E-state index in [0.29, 0.717) is 28.8 Å². The van der Waals surface area contributed by atoms with Gasteiger partial charge in [0.05, 0.1) is 17.5 Å². The summed E-state index contributed by atoms with van der Waals surface area (Å²) < 4.78 is 36.8. The molecule has 0 bridgehead atoms. The standard InChI is InChI=1S/C14H19F3N2OS/c1-9(2)7-10(18)13(20)19-11-5-3-4-6-12(11)21-8-14(15,16)17/h3-6,9-10H,7-8,18H2,1-2H3,(H,19,20). The molecule has 118 valence electrons. The molecular formula is C14H19F3N2OS. The number of nitrogens with one attached hydrogen (secondary N) is 1. The lowest BCUT2D eigenvalue weighted by Crippen LogP contribution is -2.36. The van der Waals surface area contributed by atoms with Gasteiger partial charge in [-0.1, -0.05) is 26.0 Å². The van der Waals surface area contributed by atoms with E-state index in [9.17, 15) is 18.0 Å². The van der Waals surface area contributed by atoms with Gasteiger partial charge in [0.15, 0.2) is 0 Å². The van der Waals surface area contributed by atoms with E-state index in [1.165, 1.54) is 0 Å². The first kappa shape index (κ1) is 17.8. The molecule has 1 aromatic carbocycles. The van der Waals surface area contributed by atoms with Crippen molar-refractivity contribution in [2.75, 3.05) is 11.1 Å². The first-order valence-electron chi connectivity index (χ1n) is 6.54. The molecule has 0 saturated heterocycles. The molecule has 0 fully saturated rings. The number of anilines is 1. The Morgan fingerprint density at radius 3 is 2.52 bits per heavy atom. The van der Waals surface area contributed by atoms with Crippen molar-refractivity contribution in [2.24, 2.45) is 11.7 Å². The number of para-hydroxylation sites is 1. The van der Waals surface area contributed by atoms with Crippen LogP contribution in [0.3, 0.4) is 0 Å². The first-order chi connectivity index (χ1) is 9.69. The summed E-state index contributed by atoms with van der Waals surface area (Å²) in [6.07, 6.45) is -3.74. The van der Waals surface area contributed by atoms with Gasteiger partial charge in [0.2, 0.25) is 5.91 Å². The third kappa shape index (κ3) is 6.86. The summed E-state index contributed by atoms with van der Waals surface area (Å²) >= 11 is 0.641. The number of thioether (sulfide) groups is 1. The highest BCUT2D eigenvalue weighted by Gasteiger charge is 2.28. The van der Waals surface area contributed by atoms with Crippen LogP contribution in [0.25, 0.3) is 0 Å². The van der Waals surface area contributed by atoms with E-state index in [2.05, 4.69) is 5.32 Å². The van der Waals surface area contributed by atoms with Gasteiger partial charge in [-0.3, -0.25) is 4.79 Å². The molecule has 21 heavy (non-hydrogen) atoms. The second-order valence-corrected chi connectivity index (χ2v) is 6.14. The molecular weight excluding hydrogens is 301 g/mol. The maximum absolute atomic E-state index is 12.3. The predicted octanol–water partition coefficient (Wildman–Crippen LogP) is 3.65. The highest BCUT2D eigenvalue weighted by molar-refractivity contribution is 7.99. The molecule has 7 heteroatoms. The van der Waals surface area contributed by atoms with Crippen molar-refractivity contribution in [3.05, 3.63) is 24.3 Å². The van der Waals surface area contributed by atoms with Gasteiger partial charge in [0, 0.05) is 4.90 Å². The second-order valence-electron chi connectivity index (χ2n) is 5.13. The third-order valence-corrected chi connectivity index (χ3v) is 3.74. The maximum atomic E-state index is 12.3. The minimum absolute atomic E-state index is 0.264. The molecule has 1 rings (SSSR count). The molecule has 0 aliphatic heterocycles. The fourth-order valence-corrected chi connectivity index (χ4v) is 2.46. The van der Waals surface area contributed by atoms with Crippen LogP contribution in [0.5, 0.6) is 0 Å². The van der Waals surface area contributed by atoms with Gasteiger partial charge in [0.25, 0.3) is 0 Å². The molecule has 3 N–H and O–H groups in total. The lowest BCUT2D eigenvalue weighted by molar-refractivity contribution is -0.117. The lowest BCUT2D eigenvalue weighted by atomic mass is 10.0. The Morgan fingerprint density at radius 1 is 1.33 bits per heavy atom. The van der Waals surface area contributed by atoms with Gasteiger partial charge in [-0.25, -0.2) is 0 Å². The molecule has 0 saturated carbocycles. The smallest absolute Gasteiger partial charge is 0.324 e. The largest absolute Gasteiger partial charge is 0.398 e. The summed E-state index contributed by atoms with van der Waals surface area (Å²) in [6, 6.07) is 5.72. The Labute approximate surface area is 126 Å². The molecule has 0 aromatic heterocycles. The maximum Gasteiger partial charge on any atom is 0.398 e. The molecule has 0 heterocycles. The van der Waals surface area contributed by atoms with Crippen molar-refractivity contribution in [3.63, 3.8) is 0 Å². The van der Waals surface area contributed by atoms with Gasteiger partial charge in [-0.2, -0.15) is 13.2 Å². The summed E-state index contributed by atoms with van der Waals surface area (Å²) in [6.45, 7) is 3.89. The Bertz CT molecular complexity index is 478. The minimum Gasteiger partial charge on any atom is -0.324 e. The zero-order valence-electron chi connectivity index (χ0n) is 11.9. The van der Waals surface area contributed by atoms with E-state index >= 15 is 0 Å². The van der Waals surface area contributed by atoms with Crippen LogP contribution in [0.15, 0.2) is 29.2 Å². The first-order valence-corrected chi connectivity index (χ1v) is 7.52. The van der Waals surface area contributed by atoms with Crippen molar-refractivity contribution in [3.8, 4) is 0 Å². The number of nitrogens with two attached hydrogens (primary N) is 1. The molecule has 3 nitrogen and oxygen atoms in total. The van der Waals surface area contributed by atoms with Crippen molar-refractivity contribution >= 4 is 23.4 Å². The van der Waals surface area contributed by atoms with Crippen LogP contribution in [0, 0.1) is 5.92 Å². The summed E-state index contributed by atoms with van der Waals surface area (Å²) in [4.78, 5) is 12.3. The van der Waals surface area contributed by atoms with Gasteiger partial charge in [0.1, 0.15) is 0 Å². The molecule has 1 unspecified atom stereocenters. The Balaban J connectivity index is 2.72. The quantitative estimate of drug-likeness (QED) is 0.787. The molecule has 0 aliphatic rings. The fraction of sp³-hybridized carbons (Fsp3) is 0.500. The van der Waals surface area contributed by atoms with E-state index in [-0.39, 0.29) is 11.8 Å². The monoisotopic (exact) mass is 320 g/mol. The number of halogens is 3. The predicted molar refractivity (Wildman–Crippen MR) is 79.3 cm³/mol. The zero-order valence-corrected chi connectivity index (χ0v) is 12.7. The normalized spacial score (nSPS) is 13.3. The average molecular weight is 320 g/mol. The zero-order chi connectivity index (χ0) is 16.0. The van der Waals surface area contributed by atoms with Crippen molar-refractivity contribution in [1.29, 1.82) is 0 Å². The second kappa shape index (κ2) is 7.70. The summed E-state index contributed by atoms with van der Waals surface area (Å²) in [5.41, 5.74) is 6.12. The molecule has 1 atom stereocenters. The Morgan fingerprint density at radius 2 is 1.95 bits per heavy atom. The molecule has 0 radical (unpaired) electrons. The molecule has 1 amide bonds. The number of hydrogen-bond acceptors (Lipinski definition) is 3. The highest BCUT2D eigenvalue weighted by atomic mass is 32.2. The van der Waals surface area contributed by atoms with Crippen LogP contribution in [-0.2, 0) is 4.79 Å². The lowest BCUT2D eigenvalue weighted by Gasteiger charge is -2.16. The van der Waals surface area contributed by atoms with Crippen LogP contribution in [0.4, 0.5) is 18.9 Å². The number of carbonyl (C=O) groups is 1. The highest BCUT2D eigenvalue weighted by Crippen LogP contribution is 2.32. The van der Waals surface area contributed by atoms with Crippen LogP contribution in [-0.4, -0.2) is 23.9 Å². The van der Waals surface area contributed by atoms with Crippen molar-refractivity contribution in [1.82, 2.24) is 0 Å². The molecule has 0 aliphatic carbocycles. The van der Waals surface area contributed by atoms with Crippen LogP contribution >= 0.6 is 11.8 Å². The summed E-state index contributed by atoms with van der Waals surface area (Å²) in [7, 11) is 0. The Hall–Kier alpha value is -1.21. The number of rotatable bonds is 6. The van der Waals surface area contributed by atoms with Gasteiger partial charge < -0.3 is 11.1 Å². The summed E-state index contributed by atoms with van der Waals surface area (Å²) in [5, 5.41) is 2.60. The topological polar surface area (TPSA) is 55.1 Å². The van der Waals surface area contributed by atoms with Crippen molar-refractivity contribution in [2.45, 2.75) is 37.4 Å². The van der Waals surface area contributed by atoms with E-state index < -0.39 is 18.0 Å². The molecule has 1 aromatic rings. The van der Waals surface area contributed by atoms with Crippen molar-refractivity contribution < 1.29 is 18.0 Å². The van der Waals surface area contributed by atoms with Gasteiger partial charge in [-0.15, -0.1) is 11.8 Å². The minimum atomic E-state index is -4.25. The van der Waals surface area contributed by atoms with Crippen LogP contribution < -0.4 is 11.1 Å². The van der Waals surface area contributed by atoms with Crippen LogP contribution in [0.2, 0.25) is 0 Å². The van der Waals surface area contributed by atoms with E-state index in [0.717, 1.165) is 0 Å². The number of carbonyl (C=O) groups excluding carboxylic acids is 1. The number of alkyl halides is 3. The summed E-state index contributed by atoms with van der Waals surface area (Å²) in [5.74, 6) is -1.12. The third-order valence-electron chi connectivity index (χ3n) is 2.60. The Kier molecular flexibility index (Phi) is 6.54. The van der Waals surface area contributed by atoms with E-state index in [1.807, 2.05) is 13.8 Å².